The lowest BCUT2D eigenvalue weighted by atomic mass is 10.1. The minimum Gasteiger partial charge on any atom is -0.481 e. The van der Waals surface area contributed by atoms with E-state index in [0.29, 0.717) is 11.3 Å². The molecule has 4 nitrogen and oxygen atoms in total. The lowest BCUT2D eigenvalue weighted by Crippen LogP contribution is -2.17. The third kappa shape index (κ3) is 2.42. The molecule has 0 fully saturated rings. The van der Waals surface area contributed by atoms with Crippen LogP contribution in [0.1, 0.15) is 5.56 Å². The van der Waals surface area contributed by atoms with Crippen LogP contribution in [0.15, 0.2) is 53.5 Å². The summed E-state index contributed by atoms with van der Waals surface area (Å²) in [6.07, 6.45) is 1.53. The molecule has 0 atom stereocenters. The number of carbonyl (C=O) groups is 1. The van der Waals surface area contributed by atoms with Crippen molar-refractivity contribution < 1.29 is 9.90 Å². The molecular weight excluding hydrogens is 218 g/mol. The van der Waals surface area contributed by atoms with E-state index in [9.17, 15) is 9.59 Å². The van der Waals surface area contributed by atoms with Crippen LogP contribution >= 0.6 is 0 Å². The Morgan fingerprint density at radius 3 is 2.53 bits per heavy atom. The minimum absolute atomic E-state index is 0.0997. The van der Waals surface area contributed by atoms with Gasteiger partial charge in [-0.25, -0.2) is 0 Å². The van der Waals surface area contributed by atoms with Gasteiger partial charge in [0.2, 0.25) is 0 Å². The molecule has 0 saturated heterocycles. The third-order valence-corrected chi connectivity index (χ3v) is 2.42. The van der Waals surface area contributed by atoms with Crippen LogP contribution in [0.3, 0.4) is 0 Å². The van der Waals surface area contributed by atoms with Gasteiger partial charge < -0.3 is 5.11 Å². The number of rotatable bonds is 3. The average molecular weight is 229 g/mol. The second-order valence-electron chi connectivity index (χ2n) is 3.61. The molecule has 86 valence electrons. The molecule has 0 radical (unpaired) electrons. The van der Waals surface area contributed by atoms with Crippen molar-refractivity contribution in [2.45, 2.75) is 6.42 Å². The van der Waals surface area contributed by atoms with Gasteiger partial charge in [0, 0.05) is 12.3 Å². The topological polar surface area (TPSA) is 59.3 Å². The first kappa shape index (κ1) is 11.1. The van der Waals surface area contributed by atoms with Crippen molar-refractivity contribution in [1.29, 1.82) is 0 Å². The summed E-state index contributed by atoms with van der Waals surface area (Å²) in [5, 5.41) is 8.82. The second kappa shape index (κ2) is 4.65. The first-order valence-corrected chi connectivity index (χ1v) is 5.16. The van der Waals surface area contributed by atoms with E-state index in [4.69, 9.17) is 5.11 Å². The van der Waals surface area contributed by atoms with Crippen molar-refractivity contribution in [1.82, 2.24) is 4.57 Å². The van der Waals surface area contributed by atoms with Crippen molar-refractivity contribution in [2.75, 3.05) is 0 Å². The van der Waals surface area contributed by atoms with Crippen LogP contribution < -0.4 is 5.56 Å². The van der Waals surface area contributed by atoms with Crippen LogP contribution in [-0.4, -0.2) is 15.6 Å². The van der Waals surface area contributed by atoms with Crippen LogP contribution in [0.2, 0.25) is 0 Å². The van der Waals surface area contributed by atoms with Crippen LogP contribution in [0.4, 0.5) is 0 Å². The molecule has 4 heteroatoms. The summed E-state index contributed by atoms with van der Waals surface area (Å²) >= 11 is 0. The number of hydrogen-bond donors (Lipinski definition) is 1. The average Bonchev–Trinajstić information content (AvgIpc) is 2.30. The van der Waals surface area contributed by atoms with E-state index in [1.54, 1.807) is 42.6 Å². The maximum absolute atomic E-state index is 11.7. The van der Waals surface area contributed by atoms with Crippen LogP contribution in [-0.2, 0) is 11.2 Å². The van der Waals surface area contributed by atoms with Gasteiger partial charge in [0.1, 0.15) is 0 Å². The Kier molecular flexibility index (Phi) is 3.05. The summed E-state index contributed by atoms with van der Waals surface area (Å²) in [5.74, 6) is -0.915. The maximum Gasteiger partial charge on any atom is 0.307 e. The highest BCUT2D eigenvalue weighted by Crippen LogP contribution is 2.13. The monoisotopic (exact) mass is 229 g/mol. The van der Waals surface area contributed by atoms with Crippen LogP contribution in [0, 0.1) is 0 Å². The summed E-state index contributed by atoms with van der Waals surface area (Å²) in [6.45, 7) is 0. The SMILES string of the molecule is O=C(O)Cc1ccccc1-n1ccccc1=O. The predicted octanol–water partition coefficient (Wildman–Crippen LogP) is 1.46. The maximum atomic E-state index is 11.7. The molecule has 17 heavy (non-hydrogen) atoms. The molecule has 0 unspecified atom stereocenters. The Hall–Kier alpha value is -2.36. The van der Waals surface area contributed by atoms with E-state index < -0.39 is 5.97 Å². The molecule has 0 aliphatic heterocycles. The molecule has 0 saturated carbocycles. The molecule has 0 aliphatic rings. The standard InChI is InChI=1S/C13H11NO3/c15-12-7-3-4-8-14(12)11-6-2-1-5-10(11)9-13(16)17/h1-8H,9H2,(H,16,17). The van der Waals surface area contributed by atoms with E-state index in [2.05, 4.69) is 0 Å². The lowest BCUT2D eigenvalue weighted by molar-refractivity contribution is -0.136. The number of carboxylic acids is 1. The number of carboxylic acid groups (broad SMARTS) is 1. The molecule has 0 spiro atoms. The van der Waals surface area contributed by atoms with Gasteiger partial charge in [0.15, 0.2) is 0 Å². The van der Waals surface area contributed by atoms with Gasteiger partial charge in [0.25, 0.3) is 5.56 Å². The number of para-hydroxylation sites is 1. The molecule has 2 rings (SSSR count). The third-order valence-electron chi connectivity index (χ3n) is 2.42. The zero-order valence-corrected chi connectivity index (χ0v) is 9.04. The van der Waals surface area contributed by atoms with Crippen molar-refractivity contribution in [3.8, 4) is 5.69 Å². The minimum atomic E-state index is -0.915. The van der Waals surface area contributed by atoms with Crippen molar-refractivity contribution in [2.24, 2.45) is 0 Å². The van der Waals surface area contributed by atoms with Gasteiger partial charge in [-0.3, -0.25) is 14.2 Å². The van der Waals surface area contributed by atoms with Gasteiger partial charge in [-0.2, -0.15) is 0 Å². The summed E-state index contributed by atoms with van der Waals surface area (Å²) < 4.78 is 1.44. The molecule has 1 N–H and O–H groups in total. The Balaban J connectivity index is 2.56. The Labute approximate surface area is 97.8 Å². The van der Waals surface area contributed by atoms with Crippen LogP contribution in [0.5, 0.6) is 0 Å². The van der Waals surface area contributed by atoms with Gasteiger partial charge >= 0.3 is 5.97 Å². The van der Waals surface area contributed by atoms with Crippen molar-refractivity contribution in [3.05, 3.63) is 64.6 Å². The Bertz CT molecular complexity index is 601. The van der Waals surface area contributed by atoms with Gasteiger partial charge in [-0.1, -0.05) is 24.3 Å². The molecule has 1 aromatic carbocycles. The molecule has 1 heterocycles. The normalized spacial score (nSPS) is 10.1. The van der Waals surface area contributed by atoms with E-state index in [-0.39, 0.29) is 12.0 Å². The second-order valence-corrected chi connectivity index (χ2v) is 3.61. The number of hydrogen-bond acceptors (Lipinski definition) is 2. The summed E-state index contributed by atoms with van der Waals surface area (Å²) in [6, 6.07) is 11.8. The zero-order valence-electron chi connectivity index (χ0n) is 9.04. The van der Waals surface area contributed by atoms with Gasteiger partial charge in [0.05, 0.1) is 12.1 Å². The summed E-state index contributed by atoms with van der Waals surface area (Å²) in [4.78, 5) is 22.4. The summed E-state index contributed by atoms with van der Waals surface area (Å²) in [5.41, 5.74) is 1.05. The largest absolute Gasteiger partial charge is 0.481 e. The van der Waals surface area contributed by atoms with Gasteiger partial charge in [-0.05, 0) is 17.7 Å². The number of nitrogens with zero attached hydrogens (tertiary/aromatic N) is 1. The highest BCUT2D eigenvalue weighted by atomic mass is 16.4. The number of aromatic nitrogens is 1. The first-order chi connectivity index (χ1) is 8.18. The molecule has 0 amide bonds. The van der Waals surface area contributed by atoms with Crippen molar-refractivity contribution >= 4 is 5.97 Å². The Morgan fingerprint density at radius 2 is 1.82 bits per heavy atom. The van der Waals surface area contributed by atoms with E-state index in [0.717, 1.165) is 0 Å². The molecule has 2 aromatic rings. The molecule has 0 aliphatic carbocycles. The lowest BCUT2D eigenvalue weighted by Gasteiger charge is -2.09. The molecular formula is C13H11NO3. The smallest absolute Gasteiger partial charge is 0.307 e. The highest BCUT2D eigenvalue weighted by Gasteiger charge is 2.08. The molecule has 0 bridgehead atoms. The number of pyridine rings is 1. The van der Waals surface area contributed by atoms with E-state index in [1.165, 1.54) is 10.6 Å². The molecule has 1 aromatic heterocycles. The Morgan fingerprint density at radius 1 is 1.12 bits per heavy atom. The van der Waals surface area contributed by atoms with E-state index >= 15 is 0 Å². The zero-order chi connectivity index (χ0) is 12.3. The number of benzene rings is 1. The van der Waals surface area contributed by atoms with E-state index in [1.807, 2.05) is 0 Å². The number of aliphatic carboxylic acids is 1. The fourth-order valence-corrected chi connectivity index (χ4v) is 1.68. The van der Waals surface area contributed by atoms with Gasteiger partial charge in [-0.15, -0.1) is 0 Å². The predicted molar refractivity (Wildman–Crippen MR) is 63.4 cm³/mol. The highest BCUT2D eigenvalue weighted by molar-refractivity contribution is 5.71. The van der Waals surface area contributed by atoms with Crippen LogP contribution in [0.25, 0.3) is 5.69 Å². The quantitative estimate of drug-likeness (QED) is 0.866. The fraction of sp³-hybridized carbons (Fsp3) is 0.0769. The summed E-state index contributed by atoms with van der Waals surface area (Å²) in [7, 11) is 0. The fourth-order valence-electron chi connectivity index (χ4n) is 1.68. The first-order valence-electron chi connectivity index (χ1n) is 5.16. The van der Waals surface area contributed by atoms with Crippen molar-refractivity contribution in [3.63, 3.8) is 0 Å².